The largest absolute Gasteiger partial charge is 0.362 e. The van der Waals surface area contributed by atoms with Crippen LogP contribution in [0.15, 0.2) is 57.1 Å². The number of likely N-dealkylation sites (tertiary alicyclic amines) is 1. The Kier molecular flexibility index (Phi) is 8.33. The molecule has 13 heteroatoms. The number of fused-ring (bicyclic) bond motifs is 1. The van der Waals surface area contributed by atoms with E-state index in [0.717, 1.165) is 48.2 Å². The number of urea groups is 1. The molecule has 2 aliphatic rings. The maximum atomic E-state index is 14.0. The number of carbonyl (C=O) groups is 2. The second-order valence-corrected chi connectivity index (χ2v) is 11.9. The molecule has 0 radical (unpaired) electrons. The van der Waals surface area contributed by atoms with Gasteiger partial charge in [0.1, 0.15) is 11.3 Å². The van der Waals surface area contributed by atoms with Crippen LogP contribution in [0.5, 0.6) is 0 Å². The van der Waals surface area contributed by atoms with E-state index in [-0.39, 0.29) is 39.6 Å². The number of rotatable bonds is 5. The lowest BCUT2D eigenvalue weighted by Crippen LogP contribution is -2.38. The molecule has 2 aromatic carbocycles. The van der Waals surface area contributed by atoms with Crippen molar-refractivity contribution in [2.75, 3.05) is 18.4 Å². The van der Waals surface area contributed by atoms with Gasteiger partial charge in [-0.2, -0.15) is 8.78 Å². The molecule has 40 heavy (non-hydrogen) atoms. The molecule has 0 atom stereocenters. The summed E-state index contributed by atoms with van der Waals surface area (Å²) in [7, 11) is 0. The third-order valence-electron chi connectivity index (χ3n) is 6.76. The van der Waals surface area contributed by atoms with Gasteiger partial charge >= 0.3 is 11.4 Å². The fourth-order valence-corrected chi connectivity index (χ4v) is 6.48. The molecule has 0 saturated carbocycles. The van der Waals surface area contributed by atoms with Crippen molar-refractivity contribution in [1.29, 1.82) is 0 Å². The van der Waals surface area contributed by atoms with Gasteiger partial charge in [0.25, 0.3) is 11.5 Å². The Morgan fingerprint density at radius 3 is 2.30 bits per heavy atom. The highest BCUT2D eigenvalue weighted by molar-refractivity contribution is 7.99. The number of alkyl halides is 3. The first-order valence-electron chi connectivity index (χ1n) is 12.4. The minimum atomic E-state index is -3.88. The van der Waals surface area contributed by atoms with E-state index in [1.807, 2.05) is 11.1 Å². The number of hydrogen-bond acceptors (Lipinski definition) is 4. The summed E-state index contributed by atoms with van der Waals surface area (Å²) in [6.45, 7) is 1.77. The van der Waals surface area contributed by atoms with Gasteiger partial charge < -0.3 is 20.1 Å². The lowest BCUT2D eigenvalue weighted by atomic mass is 10.1. The van der Waals surface area contributed by atoms with Crippen molar-refractivity contribution in [3.05, 3.63) is 85.2 Å². The molecule has 7 nitrogen and oxygen atoms in total. The summed E-state index contributed by atoms with van der Waals surface area (Å²) in [6, 6.07) is 10.9. The van der Waals surface area contributed by atoms with Crippen molar-refractivity contribution in [2.45, 2.75) is 47.5 Å². The van der Waals surface area contributed by atoms with Crippen LogP contribution in [0.25, 0.3) is 0 Å². The van der Waals surface area contributed by atoms with E-state index in [9.17, 15) is 23.2 Å². The van der Waals surface area contributed by atoms with E-state index < -0.39 is 22.5 Å². The molecule has 2 N–H and O–H groups in total. The van der Waals surface area contributed by atoms with Gasteiger partial charge in [-0.05, 0) is 72.3 Å². The predicted octanol–water partition coefficient (Wildman–Crippen LogP) is 7.29. The van der Waals surface area contributed by atoms with Crippen molar-refractivity contribution in [3.8, 4) is 0 Å². The van der Waals surface area contributed by atoms with Gasteiger partial charge in [0.15, 0.2) is 0 Å². The third-order valence-corrected chi connectivity index (χ3v) is 9.00. The number of aromatic amines is 1. The fourth-order valence-electron chi connectivity index (χ4n) is 4.74. The number of halogens is 5. The Hall–Kier alpha value is -2.79. The maximum absolute atomic E-state index is 14.0. The Morgan fingerprint density at radius 2 is 1.62 bits per heavy atom. The number of nitrogens with zero attached hydrogens (tertiary/aromatic N) is 2. The second-order valence-electron chi connectivity index (χ2n) is 9.52. The van der Waals surface area contributed by atoms with Crippen LogP contribution in [0.2, 0.25) is 10.0 Å². The molecule has 5 rings (SSSR count). The molecule has 3 heterocycles. The van der Waals surface area contributed by atoms with Crippen LogP contribution < -0.4 is 10.9 Å². The first kappa shape index (κ1) is 28.7. The van der Waals surface area contributed by atoms with Crippen LogP contribution in [0.4, 0.5) is 19.3 Å². The van der Waals surface area contributed by atoms with Gasteiger partial charge in [-0.3, -0.25) is 9.59 Å². The number of nitrogens with one attached hydrogen (secondary N) is 2. The fraction of sp³-hybridized carbons (Fsp3) is 0.296. The summed E-state index contributed by atoms with van der Waals surface area (Å²) in [6.07, 6.45) is 3.05. The van der Waals surface area contributed by atoms with Gasteiger partial charge in [0.2, 0.25) is 0 Å². The molecule has 1 aromatic heterocycles. The lowest BCUT2D eigenvalue weighted by molar-refractivity contribution is 0.0740. The average molecular weight is 628 g/mol. The first-order chi connectivity index (χ1) is 19.0. The highest BCUT2D eigenvalue weighted by atomic mass is 35.5. The Morgan fingerprint density at radius 1 is 0.950 bits per heavy atom. The zero-order valence-corrected chi connectivity index (χ0v) is 24.0. The summed E-state index contributed by atoms with van der Waals surface area (Å²) in [5, 5.41) is -0.515. The zero-order valence-electron chi connectivity index (χ0n) is 20.9. The van der Waals surface area contributed by atoms with Crippen LogP contribution in [0.1, 0.15) is 46.4 Å². The number of benzene rings is 2. The van der Waals surface area contributed by atoms with Crippen molar-refractivity contribution < 1.29 is 18.4 Å². The van der Waals surface area contributed by atoms with Gasteiger partial charge in [-0.1, -0.05) is 47.1 Å². The number of hydrogen-bond donors (Lipinski definition) is 2. The first-order valence-corrected chi connectivity index (χ1v) is 14.4. The average Bonchev–Trinajstić information content (AvgIpc) is 3.34. The Bertz CT molecular complexity index is 1520. The molecular weight excluding hydrogens is 605 g/mol. The van der Waals surface area contributed by atoms with E-state index in [0.29, 0.717) is 23.7 Å². The number of H-pyrrole nitrogens is 1. The molecule has 0 spiro atoms. The normalized spacial score (nSPS) is 15.2. The van der Waals surface area contributed by atoms with E-state index in [2.05, 4.69) is 5.32 Å². The van der Waals surface area contributed by atoms with Crippen LogP contribution in [-0.4, -0.2) is 39.8 Å². The van der Waals surface area contributed by atoms with Crippen molar-refractivity contribution in [2.24, 2.45) is 0 Å². The second kappa shape index (κ2) is 11.6. The number of carbonyl (C=O) groups excluding carboxylic acids is 2. The van der Waals surface area contributed by atoms with Crippen LogP contribution in [0.3, 0.4) is 0 Å². The highest BCUT2D eigenvalue weighted by Crippen LogP contribution is 2.41. The van der Waals surface area contributed by atoms with E-state index in [4.69, 9.17) is 34.8 Å². The summed E-state index contributed by atoms with van der Waals surface area (Å²) in [4.78, 5) is 44.8. The van der Waals surface area contributed by atoms with E-state index in [1.165, 1.54) is 4.90 Å². The molecule has 0 aliphatic carbocycles. The van der Waals surface area contributed by atoms with Gasteiger partial charge in [-0.25, -0.2) is 4.79 Å². The standard InChI is InChI=1S/C27H23Cl3F2N4O3S/c28-18-5-4-6-19(29)23(18)40-20-12-21(27(30,31)32)34-24(37)22(20)25(38)36-13-15-7-8-17(11-16(15)14-36)33-26(39)35-9-2-1-3-10-35/h4-8,11-12H,1-3,9-10,13-14H2,(H,33,39)(H,34,37). The summed E-state index contributed by atoms with van der Waals surface area (Å²) >= 11 is 18.6. The van der Waals surface area contributed by atoms with Crippen LogP contribution in [0, 0.1) is 0 Å². The van der Waals surface area contributed by atoms with Crippen molar-refractivity contribution >= 4 is 64.2 Å². The molecule has 0 bridgehead atoms. The van der Waals surface area contributed by atoms with Crippen molar-refractivity contribution in [3.63, 3.8) is 0 Å². The number of anilines is 1. The minimum absolute atomic E-state index is 0.0653. The smallest absolute Gasteiger partial charge is 0.330 e. The Labute approximate surface area is 247 Å². The quantitative estimate of drug-likeness (QED) is 0.291. The summed E-state index contributed by atoms with van der Waals surface area (Å²) in [5.41, 5.74) is 0.0254. The number of amides is 3. The van der Waals surface area contributed by atoms with Gasteiger partial charge in [0, 0.05) is 41.7 Å². The molecule has 1 fully saturated rings. The minimum Gasteiger partial charge on any atom is -0.330 e. The van der Waals surface area contributed by atoms with Crippen LogP contribution in [-0.2, 0) is 18.5 Å². The zero-order chi connectivity index (χ0) is 28.6. The van der Waals surface area contributed by atoms with E-state index >= 15 is 0 Å². The molecule has 0 unspecified atom stereocenters. The van der Waals surface area contributed by atoms with Crippen molar-refractivity contribution in [1.82, 2.24) is 14.8 Å². The third kappa shape index (κ3) is 6.10. The maximum Gasteiger partial charge on any atom is 0.362 e. The van der Waals surface area contributed by atoms with Gasteiger partial charge in [-0.15, -0.1) is 0 Å². The molecule has 1 saturated heterocycles. The topological polar surface area (TPSA) is 85.5 Å². The molecule has 2 aliphatic heterocycles. The monoisotopic (exact) mass is 626 g/mol. The summed E-state index contributed by atoms with van der Waals surface area (Å²) in [5.74, 6) is -0.661. The number of aromatic nitrogens is 1. The molecule has 210 valence electrons. The highest BCUT2D eigenvalue weighted by Gasteiger charge is 2.34. The Balaban J connectivity index is 1.42. The predicted molar refractivity (Wildman–Crippen MR) is 152 cm³/mol. The van der Waals surface area contributed by atoms with Crippen LogP contribution >= 0.6 is 46.6 Å². The number of pyridine rings is 1. The number of piperidine rings is 1. The molecule has 3 aromatic rings. The lowest BCUT2D eigenvalue weighted by Gasteiger charge is -2.26. The molecule has 3 amide bonds. The van der Waals surface area contributed by atoms with Gasteiger partial charge in [0.05, 0.1) is 10.0 Å². The van der Waals surface area contributed by atoms with E-state index in [1.54, 1.807) is 35.2 Å². The SMILES string of the molecule is O=C(Nc1ccc2c(c1)CN(C(=O)c1c(Sc3c(Cl)cccc3Cl)cc(C(F)(F)Cl)[nH]c1=O)C2)N1CCCCC1. The summed E-state index contributed by atoms with van der Waals surface area (Å²) < 4.78 is 28.0. The molecular formula is C27H23Cl3F2N4O3S.